The summed E-state index contributed by atoms with van der Waals surface area (Å²) in [6.07, 6.45) is 3.27. The third-order valence-electron chi connectivity index (χ3n) is 3.29. The summed E-state index contributed by atoms with van der Waals surface area (Å²) >= 11 is 15.6. The molecule has 0 spiro atoms. The topological polar surface area (TPSA) is 29.1 Å². The Kier molecular flexibility index (Phi) is 4.93. The van der Waals surface area contributed by atoms with Gasteiger partial charge in [0.2, 0.25) is 0 Å². The minimum absolute atomic E-state index is 0.142. The van der Waals surface area contributed by atoms with Gasteiger partial charge >= 0.3 is 0 Å². The number of nitrogens with one attached hydrogen (secondary N) is 1. The van der Waals surface area contributed by atoms with Crippen molar-refractivity contribution >= 4 is 45.0 Å². The molecule has 1 saturated carbocycles. The molecule has 2 unspecified atom stereocenters. The fraction of sp³-hybridized carbons (Fsp3) is 0.462. The molecular weight excluding hydrogens is 337 g/mol. The minimum Gasteiger partial charge on any atom is -0.352 e. The van der Waals surface area contributed by atoms with E-state index in [1.54, 1.807) is 12.1 Å². The number of halogens is 3. The average molecular weight is 351 g/mol. The van der Waals surface area contributed by atoms with Gasteiger partial charge in [-0.15, -0.1) is 11.6 Å². The molecule has 0 heterocycles. The highest BCUT2D eigenvalue weighted by Crippen LogP contribution is 2.30. The van der Waals surface area contributed by atoms with Crippen LogP contribution in [-0.4, -0.2) is 17.8 Å². The van der Waals surface area contributed by atoms with Gasteiger partial charge in [0.05, 0.1) is 10.6 Å². The largest absolute Gasteiger partial charge is 0.352 e. The number of benzene rings is 1. The van der Waals surface area contributed by atoms with Crippen LogP contribution in [-0.2, 0) is 0 Å². The summed E-state index contributed by atoms with van der Waals surface area (Å²) in [4.78, 5) is 12.0. The molecule has 1 aromatic rings. The third kappa shape index (κ3) is 3.19. The molecule has 2 atom stereocenters. The summed E-state index contributed by atoms with van der Waals surface area (Å²) in [7, 11) is 0. The zero-order valence-corrected chi connectivity index (χ0v) is 12.9. The van der Waals surface area contributed by atoms with Crippen molar-refractivity contribution in [2.75, 3.05) is 6.54 Å². The Labute approximate surface area is 125 Å². The summed E-state index contributed by atoms with van der Waals surface area (Å²) in [6.45, 7) is 0.621. The number of amides is 1. The van der Waals surface area contributed by atoms with Crippen molar-refractivity contribution in [3.05, 3.63) is 33.3 Å². The zero-order valence-electron chi connectivity index (χ0n) is 9.76. The van der Waals surface area contributed by atoms with E-state index in [2.05, 4.69) is 21.2 Å². The van der Waals surface area contributed by atoms with Crippen LogP contribution in [0.4, 0.5) is 0 Å². The third-order valence-corrected chi connectivity index (χ3v) is 5.16. The Hall–Kier alpha value is -0.250. The second-order valence-electron chi connectivity index (χ2n) is 4.52. The first-order valence-corrected chi connectivity index (χ1v) is 7.56. The van der Waals surface area contributed by atoms with Crippen molar-refractivity contribution in [2.45, 2.75) is 24.6 Å². The van der Waals surface area contributed by atoms with E-state index >= 15 is 0 Å². The van der Waals surface area contributed by atoms with Crippen LogP contribution in [0.1, 0.15) is 29.6 Å². The Morgan fingerprint density at radius 2 is 2.22 bits per heavy atom. The molecule has 18 heavy (non-hydrogen) atoms. The Balaban J connectivity index is 1.97. The van der Waals surface area contributed by atoms with E-state index in [9.17, 15) is 4.79 Å². The van der Waals surface area contributed by atoms with Crippen LogP contribution in [0.3, 0.4) is 0 Å². The first-order valence-electron chi connectivity index (χ1n) is 5.96. The molecule has 0 aliphatic heterocycles. The molecule has 2 nitrogen and oxygen atoms in total. The second kappa shape index (κ2) is 6.27. The van der Waals surface area contributed by atoms with Crippen molar-refractivity contribution in [1.29, 1.82) is 0 Å². The number of rotatable bonds is 3. The number of carbonyl (C=O) groups excluding carboxylic acids is 1. The molecular formula is C13H14BrCl2NO. The first-order chi connectivity index (χ1) is 8.59. The van der Waals surface area contributed by atoms with Gasteiger partial charge in [0.1, 0.15) is 0 Å². The maximum atomic E-state index is 12.0. The van der Waals surface area contributed by atoms with Gasteiger partial charge in [0, 0.05) is 16.4 Å². The quantitative estimate of drug-likeness (QED) is 0.811. The summed E-state index contributed by atoms with van der Waals surface area (Å²) in [5, 5.41) is 3.54. The number of alkyl halides is 1. The molecule has 1 amide bonds. The van der Waals surface area contributed by atoms with E-state index in [-0.39, 0.29) is 11.3 Å². The summed E-state index contributed by atoms with van der Waals surface area (Å²) in [5.41, 5.74) is 0.496. The highest BCUT2D eigenvalue weighted by atomic mass is 79.9. The van der Waals surface area contributed by atoms with Crippen LogP contribution in [0, 0.1) is 5.92 Å². The van der Waals surface area contributed by atoms with Gasteiger partial charge in [-0.3, -0.25) is 4.79 Å². The van der Waals surface area contributed by atoms with Gasteiger partial charge in [0.25, 0.3) is 5.91 Å². The smallest absolute Gasteiger partial charge is 0.252 e. The average Bonchev–Trinajstić information content (AvgIpc) is 2.75. The Bertz CT molecular complexity index is 453. The van der Waals surface area contributed by atoms with Gasteiger partial charge in [-0.1, -0.05) is 24.1 Å². The van der Waals surface area contributed by atoms with Gasteiger partial charge in [-0.05, 0) is 46.8 Å². The molecule has 98 valence electrons. The van der Waals surface area contributed by atoms with E-state index in [1.165, 1.54) is 0 Å². The van der Waals surface area contributed by atoms with Gasteiger partial charge < -0.3 is 5.32 Å². The zero-order chi connectivity index (χ0) is 13.1. The van der Waals surface area contributed by atoms with Crippen LogP contribution >= 0.6 is 39.1 Å². The van der Waals surface area contributed by atoms with E-state index in [0.29, 0.717) is 23.0 Å². The second-order valence-corrected chi connectivity index (χ2v) is 6.31. The lowest BCUT2D eigenvalue weighted by Crippen LogP contribution is -2.31. The molecule has 0 aromatic heterocycles. The molecule has 1 aliphatic carbocycles. The van der Waals surface area contributed by atoms with Gasteiger partial charge in [0.15, 0.2) is 0 Å². The molecule has 1 aliphatic rings. The molecule has 2 rings (SSSR count). The fourth-order valence-electron chi connectivity index (χ4n) is 2.22. The lowest BCUT2D eigenvalue weighted by Gasteiger charge is -2.15. The standard InChI is InChI=1S/C13H14BrCl2NO/c14-10-5-2-4-9(12(10)16)13(18)17-7-8-3-1-6-11(8)15/h2,4-5,8,11H,1,3,6-7H2,(H,17,18). The lowest BCUT2D eigenvalue weighted by molar-refractivity contribution is 0.0948. The highest BCUT2D eigenvalue weighted by Gasteiger charge is 2.25. The monoisotopic (exact) mass is 349 g/mol. The normalized spacial score (nSPS) is 23.1. The lowest BCUT2D eigenvalue weighted by atomic mass is 10.1. The minimum atomic E-state index is -0.142. The SMILES string of the molecule is O=C(NCC1CCCC1Cl)c1cccc(Br)c1Cl. The summed E-state index contributed by atoms with van der Waals surface area (Å²) in [6, 6.07) is 5.32. The van der Waals surface area contributed by atoms with Crippen LogP contribution in [0.2, 0.25) is 5.02 Å². The molecule has 0 saturated heterocycles. The summed E-state index contributed by atoms with van der Waals surface area (Å²) < 4.78 is 0.730. The first kappa shape index (κ1) is 14.2. The Morgan fingerprint density at radius 1 is 1.44 bits per heavy atom. The molecule has 0 bridgehead atoms. The van der Waals surface area contributed by atoms with Gasteiger partial charge in [-0.2, -0.15) is 0 Å². The van der Waals surface area contributed by atoms with Crippen LogP contribution < -0.4 is 5.32 Å². The maximum Gasteiger partial charge on any atom is 0.252 e. The number of hydrogen-bond acceptors (Lipinski definition) is 1. The molecule has 1 aromatic carbocycles. The molecule has 1 N–H and O–H groups in total. The van der Waals surface area contributed by atoms with Crippen molar-refractivity contribution < 1.29 is 4.79 Å². The van der Waals surface area contributed by atoms with E-state index in [0.717, 1.165) is 23.7 Å². The maximum absolute atomic E-state index is 12.0. The fourth-order valence-corrected chi connectivity index (χ4v) is 3.17. The molecule has 5 heteroatoms. The van der Waals surface area contributed by atoms with E-state index in [1.807, 2.05) is 6.07 Å². The van der Waals surface area contributed by atoms with Crippen LogP contribution in [0.5, 0.6) is 0 Å². The number of carbonyl (C=O) groups is 1. The van der Waals surface area contributed by atoms with Crippen molar-refractivity contribution in [2.24, 2.45) is 5.92 Å². The van der Waals surface area contributed by atoms with E-state index < -0.39 is 0 Å². The number of hydrogen-bond donors (Lipinski definition) is 1. The van der Waals surface area contributed by atoms with Crippen LogP contribution in [0.15, 0.2) is 22.7 Å². The Morgan fingerprint density at radius 3 is 2.89 bits per heavy atom. The van der Waals surface area contributed by atoms with Crippen molar-refractivity contribution in [3.63, 3.8) is 0 Å². The van der Waals surface area contributed by atoms with E-state index in [4.69, 9.17) is 23.2 Å². The van der Waals surface area contributed by atoms with Crippen molar-refractivity contribution in [3.8, 4) is 0 Å². The van der Waals surface area contributed by atoms with Gasteiger partial charge in [-0.25, -0.2) is 0 Å². The highest BCUT2D eigenvalue weighted by molar-refractivity contribution is 9.10. The predicted molar refractivity (Wildman–Crippen MR) is 78.5 cm³/mol. The van der Waals surface area contributed by atoms with Crippen molar-refractivity contribution in [1.82, 2.24) is 5.32 Å². The predicted octanol–water partition coefficient (Wildman–Crippen LogP) is 4.24. The molecule has 0 radical (unpaired) electrons. The molecule has 1 fully saturated rings. The van der Waals surface area contributed by atoms with Crippen LogP contribution in [0.25, 0.3) is 0 Å². The summed E-state index contributed by atoms with van der Waals surface area (Å²) in [5.74, 6) is 0.235.